The van der Waals surface area contributed by atoms with Crippen molar-refractivity contribution in [3.8, 4) is 22.8 Å². The SMILES string of the molecule is COc1ccc(OC)c(-c2cc(C(=O)Nc3cnc(N(C)C)nc3N(C)C)n(C)n2)c1. The highest BCUT2D eigenvalue weighted by molar-refractivity contribution is 6.05. The minimum Gasteiger partial charge on any atom is -0.497 e. The molecule has 1 aromatic carbocycles. The summed E-state index contributed by atoms with van der Waals surface area (Å²) in [6, 6.07) is 7.13. The van der Waals surface area contributed by atoms with E-state index in [0.717, 1.165) is 5.56 Å². The maximum absolute atomic E-state index is 13.0. The number of anilines is 3. The summed E-state index contributed by atoms with van der Waals surface area (Å²) in [4.78, 5) is 25.5. The van der Waals surface area contributed by atoms with Crippen LogP contribution in [0, 0.1) is 0 Å². The summed E-state index contributed by atoms with van der Waals surface area (Å²) in [7, 11) is 12.3. The van der Waals surface area contributed by atoms with Gasteiger partial charge in [0, 0.05) is 40.8 Å². The first kappa shape index (κ1) is 21.9. The second-order valence-corrected chi connectivity index (χ2v) is 7.25. The molecule has 0 bridgehead atoms. The minimum absolute atomic E-state index is 0.326. The third kappa shape index (κ3) is 4.52. The summed E-state index contributed by atoms with van der Waals surface area (Å²) in [5.41, 5.74) is 2.20. The molecule has 10 nitrogen and oxygen atoms in total. The Balaban J connectivity index is 1.94. The molecule has 164 valence electrons. The molecule has 0 radical (unpaired) electrons. The van der Waals surface area contributed by atoms with Gasteiger partial charge in [0.15, 0.2) is 5.82 Å². The second-order valence-electron chi connectivity index (χ2n) is 7.25. The number of hydrogen-bond donors (Lipinski definition) is 1. The normalized spacial score (nSPS) is 10.5. The average molecular weight is 425 g/mol. The fraction of sp³-hybridized carbons (Fsp3) is 0.333. The van der Waals surface area contributed by atoms with Crippen LogP contribution >= 0.6 is 0 Å². The number of rotatable bonds is 7. The topological polar surface area (TPSA) is 97.6 Å². The van der Waals surface area contributed by atoms with Crippen molar-refractivity contribution in [2.75, 3.05) is 57.5 Å². The zero-order valence-corrected chi connectivity index (χ0v) is 18.8. The molecule has 3 aromatic rings. The first-order valence-corrected chi connectivity index (χ1v) is 9.54. The summed E-state index contributed by atoms with van der Waals surface area (Å²) in [6.07, 6.45) is 1.60. The molecule has 0 aliphatic carbocycles. The minimum atomic E-state index is -0.326. The maximum atomic E-state index is 13.0. The first-order chi connectivity index (χ1) is 14.7. The summed E-state index contributed by atoms with van der Waals surface area (Å²) in [5, 5.41) is 7.38. The Bertz CT molecular complexity index is 1090. The van der Waals surface area contributed by atoms with E-state index in [9.17, 15) is 4.79 Å². The molecule has 31 heavy (non-hydrogen) atoms. The Morgan fingerprint density at radius 2 is 1.81 bits per heavy atom. The second kappa shape index (κ2) is 8.90. The smallest absolute Gasteiger partial charge is 0.274 e. The standard InChI is InChI=1S/C21H27N7O3/c1-26(2)19-16(12-22-21(24-19)27(3)4)23-20(29)17-11-15(25-28(17)5)14-10-13(30-6)8-9-18(14)31-7/h8-12H,1-7H3,(H,23,29). The Labute approximate surface area is 181 Å². The molecule has 0 spiro atoms. The van der Waals surface area contributed by atoms with E-state index in [1.54, 1.807) is 50.6 Å². The average Bonchev–Trinajstić information content (AvgIpc) is 3.14. The number of benzene rings is 1. The van der Waals surface area contributed by atoms with E-state index in [4.69, 9.17) is 9.47 Å². The monoisotopic (exact) mass is 425 g/mol. The summed E-state index contributed by atoms with van der Waals surface area (Å²) in [5.74, 6) is 2.13. The van der Waals surface area contributed by atoms with Gasteiger partial charge in [-0.2, -0.15) is 10.1 Å². The molecule has 0 aliphatic heterocycles. The molecule has 0 fully saturated rings. The number of amides is 1. The van der Waals surface area contributed by atoms with Gasteiger partial charge in [-0.1, -0.05) is 0 Å². The Morgan fingerprint density at radius 3 is 2.42 bits per heavy atom. The van der Waals surface area contributed by atoms with Crippen molar-refractivity contribution in [2.24, 2.45) is 7.05 Å². The molecule has 1 amide bonds. The molecule has 2 aromatic heterocycles. The van der Waals surface area contributed by atoms with Crippen molar-refractivity contribution >= 4 is 23.4 Å². The number of ether oxygens (including phenoxy) is 2. The third-order valence-electron chi connectivity index (χ3n) is 4.62. The molecule has 0 saturated heterocycles. The highest BCUT2D eigenvalue weighted by Crippen LogP contribution is 2.33. The first-order valence-electron chi connectivity index (χ1n) is 9.54. The lowest BCUT2D eigenvalue weighted by Crippen LogP contribution is -2.22. The number of aryl methyl sites for hydroxylation is 1. The molecule has 0 aliphatic rings. The number of carbonyl (C=O) groups is 1. The number of aromatic nitrogens is 4. The van der Waals surface area contributed by atoms with E-state index >= 15 is 0 Å². The van der Waals surface area contributed by atoms with E-state index in [1.807, 2.05) is 39.2 Å². The van der Waals surface area contributed by atoms with Gasteiger partial charge in [-0.3, -0.25) is 9.48 Å². The lowest BCUT2D eigenvalue weighted by molar-refractivity contribution is 0.101. The molecule has 10 heteroatoms. The maximum Gasteiger partial charge on any atom is 0.274 e. The molecular formula is C21H27N7O3. The fourth-order valence-electron chi connectivity index (χ4n) is 3.02. The lowest BCUT2D eigenvalue weighted by Gasteiger charge is -2.19. The van der Waals surface area contributed by atoms with Gasteiger partial charge in [0.05, 0.1) is 26.1 Å². The van der Waals surface area contributed by atoms with Crippen LogP contribution in [0.15, 0.2) is 30.5 Å². The van der Waals surface area contributed by atoms with E-state index in [-0.39, 0.29) is 5.91 Å². The van der Waals surface area contributed by atoms with Gasteiger partial charge in [-0.15, -0.1) is 0 Å². The van der Waals surface area contributed by atoms with Crippen LogP contribution in [-0.4, -0.2) is 68.1 Å². The Morgan fingerprint density at radius 1 is 1.06 bits per heavy atom. The van der Waals surface area contributed by atoms with Crippen LogP contribution < -0.4 is 24.6 Å². The number of nitrogens with zero attached hydrogens (tertiary/aromatic N) is 6. The van der Waals surface area contributed by atoms with Crippen molar-refractivity contribution in [3.05, 3.63) is 36.2 Å². The molecule has 2 heterocycles. The summed E-state index contributed by atoms with van der Waals surface area (Å²) >= 11 is 0. The molecule has 0 unspecified atom stereocenters. The van der Waals surface area contributed by atoms with Gasteiger partial charge in [0.1, 0.15) is 22.9 Å². The number of nitrogens with one attached hydrogen (secondary N) is 1. The zero-order valence-electron chi connectivity index (χ0n) is 18.8. The van der Waals surface area contributed by atoms with Crippen LogP contribution in [0.5, 0.6) is 11.5 Å². The van der Waals surface area contributed by atoms with Crippen molar-refractivity contribution in [1.82, 2.24) is 19.7 Å². The van der Waals surface area contributed by atoms with Crippen LogP contribution in [0.3, 0.4) is 0 Å². The summed E-state index contributed by atoms with van der Waals surface area (Å²) in [6.45, 7) is 0. The van der Waals surface area contributed by atoms with Gasteiger partial charge in [-0.25, -0.2) is 4.98 Å². The fourth-order valence-corrected chi connectivity index (χ4v) is 3.02. The zero-order chi connectivity index (χ0) is 22.7. The molecule has 1 N–H and O–H groups in total. The van der Waals surface area contributed by atoms with E-state index in [2.05, 4.69) is 20.4 Å². The molecule has 3 rings (SSSR count). The highest BCUT2D eigenvalue weighted by Gasteiger charge is 2.20. The molecule has 0 saturated carbocycles. The predicted molar refractivity (Wildman–Crippen MR) is 120 cm³/mol. The van der Waals surface area contributed by atoms with E-state index in [0.29, 0.717) is 40.3 Å². The van der Waals surface area contributed by atoms with Gasteiger partial charge < -0.3 is 24.6 Å². The van der Waals surface area contributed by atoms with Crippen LogP contribution in [0.4, 0.5) is 17.5 Å². The van der Waals surface area contributed by atoms with Crippen molar-refractivity contribution in [1.29, 1.82) is 0 Å². The van der Waals surface area contributed by atoms with Crippen LogP contribution in [0.2, 0.25) is 0 Å². The quantitative estimate of drug-likeness (QED) is 0.616. The number of hydrogen-bond acceptors (Lipinski definition) is 8. The van der Waals surface area contributed by atoms with Crippen LogP contribution in [-0.2, 0) is 7.05 Å². The largest absolute Gasteiger partial charge is 0.497 e. The molecular weight excluding hydrogens is 398 g/mol. The van der Waals surface area contributed by atoms with Crippen molar-refractivity contribution < 1.29 is 14.3 Å². The van der Waals surface area contributed by atoms with Crippen LogP contribution in [0.25, 0.3) is 11.3 Å². The lowest BCUT2D eigenvalue weighted by atomic mass is 10.1. The van der Waals surface area contributed by atoms with Crippen molar-refractivity contribution in [3.63, 3.8) is 0 Å². The predicted octanol–water partition coefficient (Wildman–Crippen LogP) is 2.28. The van der Waals surface area contributed by atoms with Crippen LogP contribution in [0.1, 0.15) is 10.5 Å². The van der Waals surface area contributed by atoms with Gasteiger partial charge in [0.25, 0.3) is 5.91 Å². The van der Waals surface area contributed by atoms with Gasteiger partial charge >= 0.3 is 0 Å². The van der Waals surface area contributed by atoms with E-state index < -0.39 is 0 Å². The van der Waals surface area contributed by atoms with Crippen molar-refractivity contribution in [2.45, 2.75) is 0 Å². The molecule has 0 atom stereocenters. The highest BCUT2D eigenvalue weighted by atomic mass is 16.5. The summed E-state index contributed by atoms with van der Waals surface area (Å²) < 4.78 is 12.3. The Hall–Kier alpha value is -3.82. The number of methoxy groups -OCH3 is 2. The van der Waals surface area contributed by atoms with Gasteiger partial charge in [-0.05, 0) is 24.3 Å². The number of carbonyl (C=O) groups excluding carboxylic acids is 1. The van der Waals surface area contributed by atoms with Gasteiger partial charge in [0.2, 0.25) is 5.95 Å². The Kier molecular flexibility index (Phi) is 6.28. The van der Waals surface area contributed by atoms with E-state index in [1.165, 1.54) is 4.68 Å². The third-order valence-corrected chi connectivity index (χ3v) is 4.62.